The molecule has 4 heteroatoms. The van der Waals surface area contributed by atoms with Crippen LogP contribution in [0.15, 0.2) is 24.3 Å². The van der Waals surface area contributed by atoms with Gasteiger partial charge in [-0.25, -0.2) is 8.78 Å². The van der Waals surface area contributed by atoms with E-state index in [0.29, 0.717) is 5.02 Å². The molecule has 1 atom stereocenters. The second kappa shape index (κ2) is 5.27. The highest BCUT2D eigenvalue weighted by Gasteiger charge is 2.10. The maximum atomic E-state index is 11.9. The average molecular weight is 220 g/mol. The SMILES string of the molecule is C[C@H](NCC(F)F)c1ccccc1Cl. The van der Waals surface area contributed by atoms with Crippen LogP contribution in [0.4, 0.5) is 8.78 Å². The van der Waals surface area contributed by atoms with Gasteiger partial charge in [0, 0.05) is 11.1 Å². The van der Waals surface area contributed by atoms with Crippen molar-refractivity contribution in [2.75, 3.05) is 6.54 Å². The van der Waals surface area contributed by atoms with Gasteiger partial charge in [0.05, 0.1) is 6.54 Å². The summed E-state index contributed by atoms with van der Waals surface area (Å²) in [6.45, 7) is 1.50. The monoisotopic (exact) mass is 219 g/mol. The lowest BCUT2D eigenvalue weighted by atomic mass is 10.1. The van der Waals surface area contributed by atoms with Crippen molar-refractivity contribution >= 4 is 11.6 Å². The van der Waals surface area contributed by atoms with E-state index in [2.05, 4.69) is 5.32 Å². The van der Waals surface area contributed by atoms with Gasteiger partial charge in [-0.15, -0.1) is 0 Å². The molecule has 0 bridgehead atoms. The molecule has 1 aromatic rings. The predicted molar refractivity (Wildman–Crippen MR) is 53.9 cm³/mol. The summed E-state index contributed by atoms with van der Waals surface area (Å²) in [5.41, 5.74) is 0.842. The molecule has 1 rings (SSSR count). The third-order valence-corrected chi connectivity index (χ3v) is 2.29. The molecule has 0 amide bonds. The maximum absolute atomic E-state index is 11.9. The third-order valence-electron chi connectivity index (χ3n) is 1.95. The van der Waals surface area contributed by atoms with E-state index >= 15 is 0 Å². The molecule has 0 saturated heterocycles. The van der Waals surface area contributed by atoms with Crippen LogP contribution in [0.1, 0.15) is 18.5 Å². The van der Waals surface area contributed by atoms with E-state index in [9.17, 15) is 8.78 Å². The molecule has 0 aliphatic rings. The molecule has 0 aliphatic heterocycles. The highest BCUT2D eigenvalue weighted by molar-refractivity contribution is 6.31. The van der Waals surface area contributed by atoms with Crippen molar-refractivity contribution in [2.45, 2.75) is 19.4 Å². The molecular formula is C10H12ClF2N. The Labute approximate surface area is 87.1 Å². The molecule has 1 aromatic carbocycles. The van der Waals surface area contributed by atoms with E-state index in [1.165, 1.54) is 0 Å². The minimum absolute atomic E-state index is 0.155. The van der Waals surface area contributed by atoms with Crippen LogP contribution in [0.25, 0.3) is 0 Å². The van der Waals surface area contributed by atoms with Crippen LogP contribution in [-0.2, 0) is 0 Å². The number of rotatable bonds is 4. The third kappa shape index (κ3) is 3.24. The van der Waals surface area contributed by atoms with Crippen LogP contribution in [0.2, 0.25) is 5.02 Å². The molecule has 0 radical (unpaired) electrons. The van der Waals surface area contributed by atoms with Crippen molar-refractivity contribution in [3.63, 3.8) is 0 Å². The van der Waals surface area contributed by atoms with Gasteiger partial charge in [-0.2, -0.15) is 0 Å². The zero-order chi connectivity index (χ0) is 10.6. The molecule has 0 aliphatic carbocycles. The Morgan fingerprint density at radius 3 is 2.57 bits per heavy atom. The van der Waals surface area contributed by atoms with Gasteiger partial charge in [0.15, 0.2) is 0 Å². The molecule has 0 fully saturated rings. The molecule has 0 aromatic heterocycles. The first kappa shape index (κ1) is 11.4. The summed E-state index contributed by atoms with van der Waals surface area (Å²) in [5.74, 6) is 0. The summed E-state index contributed by atoms with van der Waals surface area (Å²) < 4.78 is 23.8. The van der Waals surface area contributed by atoms with Gasteiger partial charge in [-0.1, -0.05) is 29.8 Å². The van der Waals surface area contributed by atoms with E-state index in [1.54, 1.807) is 6.07 Å². The second-order valence-electron chi connectivity index (χ2n) is 3.04. The number of alkyl halides is 2. The Hall–Kier alpha value is -0.670. The molecular weight excluding hydrogens is 208 g/mol. The molecule has 78 valence electrons. The lowest BCUT2D eigenvalue weighted by Crippen LogP contribution is -2.24. The predicted octanol–water partition coefficient (Wildman–Crippen LogP) is 3.26. The van der Waals surface area contributed by atoms with Gasteiger partial charge < -0.3 is 5.32 Å². The van der Waals surface area contributed by atoms with Gasteiger partial charge >= 0.3 is 0 Å². The van der Waals surface area contributed by atoms with Crippen LogP contribution in [0.3, 0.4) is 0 Å². The van der Waals surface area contributed by atoms with Gasteiger partial charge in [-0.05, 0) is 18.6 Å². The quantitative estimate of drug-likeness (QED) is 0.820. The average Bonchev–Trinajstić information content (AvgIpc) is 2.15. The minimum Gasteiger partial charge on any atom is -0.305 e. The fourth-order valence-electron chi connectivity index (χ4n) is 1.20. The van der Waals surface area contributed by atoms with E-state index in [1.807, 2.05) is 25.1 Å². The van der Waals surface area contributed by atoms with E-state index in [0.717, 1.165) is 5.56 Å². The zero-order valence-electron chi connectivity index (χ0n) is 7.81. The molecule has 0 unspecified atom stereocenters. The smallest absolute Gasteiger partial charge is 0.250 e. The first-order chi connectivity index (χ1) is 6.61. The first-order valence-electron chi connectivity index (χ1n) is 4.37. The maximum Gasteiger partial charge on any atom is 0.250 e. The van der Waals surface area contributed by atoms with E-state index in [-0.39, 0.29) is 12.6 Å². The van der Waals surface area contributed by atoms with Crippen molar-refractivity contribution in [3.05, 3.63) is 34.9 Å². The fourth-order valence-corrected chi connectivity index (χ4v) is 1.50. The summed E-state index contributed by atoms with van der Waals surface area (Å²) >= 11 is 5.91. The fraction of sp³-hybridized carbons (Fsp3) is 0.400. The molecule has 14 heavy (non-hydrogen) atoms. The largest absolute Gasteiger partial charge is 0.305 e. The van der Waals surface area contributed by atoms with Crippen LogP contribution in [0, 0.1) is 0 Å². The molecule has 0 spiro atoms. The molecule has 1 nitrogen and oxygen atoms in total. The summed E-state index contributed by atoms with van der Waals surface area (Å²) in [6, 6.07) is 7.06. The van der Waals surface area contributed by atoms with E-state index in [4.69, 9.17) is 11.6 Å². The zero-order valence-corrected chi connectivity index (χ0v) is 8.56. The van der Waals surface area contributed by atoms with Gasteiger partial charge in [0.2, 0.25) is 0 Å². The van der Waals surface area contributed by atoms with Crippen molar-refractivity contribution in [3.8, 4) is 0 Å². The Bertz CT molecular complexity index is 291. The minimum atomic E-state index is -2.33. The highest BCUT2D eigenvalue weighted by Crippen LogP contribution is 2.21. The van der Waals surface area contributed by atoms with Crippen LogP contribution in [0.5, 0.6) is 0 Å². The van der Waals surface area contributed by atoms with Gasteiger partial charge in [0.1, 0.15) is 0 Å². The second-order valence-corrected chi connectivity index (χ2v) is 3.45. The van der Waals surface area contributed by atoms with Gasteiger partial charge in [-0.3, -0.25) is 0 Å². The van der Waals surface area contributed by atoms with Crippen LogP contribution < -0.4 is 5.32 Å². The van der Waals surface area contributed by atoms with Crippen LogP contribution >= 0.6 is 11.6 Å². The lowest BCUT2D eigenvalue weighted by molar-refractivity contribution is 0.142. The first-order valence-corrected chi connectivity index (χ1v) is 4.75. The number of hydrogen-bond acceptors (Lipinski definition) is 1. The standard InChI is InChI=1S/C10H12ClF2N/c1-7(14-6-10(12)13)8-4-2-3-5-9(8)11/h2-5,7,10,14H,6H2,1H3/t7-/m0/s1. The topological polar surface area (TPSA) is 12.0 Å². The molecule has 0 heterocycles. The van der Waals surface area contributed by atoms with Crippen molar-refractivity contribution in [1.29, 1.82) is 0 Å². The van der Waals surface area contributed by atoms with E-state index < -0.39 is 6.43 Å². The summed E-state index contributed by atoms with van der Waals surface area (Å²) in [6.07, 6.45) is -2.33. The number of hydrogen-bond donors (Lipinski definition) is 1. The van der Waals surface area contributed by atoms with Crippen molar-refractivity contribution in [2.24, 2.45) is 0 Å². The highest BCUT2D eigenvalue weighted by atomic mass is 35.5. The number of nitrogens with one attached hydrogen (secondary N) is 1. The Kier molecular flexibility index (Phi) is 4.29. The van der Waals surface area contributed by atoms with Gasteiger partial charge in [0.25, 0.3) is 6.43 Å². The Morgan fingerprint density at radius 2 is 2.00 bits per heavy atom. The normalized spacial score (nSPS) is 13.2. The number of halogens is 3. The number of benzene rings is 1. The summed E-state index contributed by atoms with van der Waals surface area (Å²) in [7, 11) is 0. The molecule has 1 N–H and O–H groups in total. The Balaban J connectivity index is 2.60. The Morgan fingerprint density at radius 1 is 1.36 bits per heavy atom. The van der Waals surface area contributed by atoms with Crippen molar-refractivity contribution < 1.29 is 8.78 Å². The lowest BCUT2D eigenvalue weighted by Gasteiger charge is -2.14. The molecule has 0 saturated carbocycles. The van der Waals surface area contributed by atoms with Crippen molar-refractivity contribution in [1.82, 2.24) is 5.32 Å². The summed E-state index contributed by atoms with van der Waals surface area (Å²) in [4.78, 5) is 0. The van der Waals surface area contributed by atoms with Crippen LogP contribution in [-0.4, -0.2) is 13.0 Å². The summed E-state index contributed by atoms with van der Waals surface area (Å²) in [5, 5.41) is 3.30.